The van der Waals surface area contributed by atoms with Gasteiger partial charge in [0.1, 0.15) is 11.4 Å². The Labute approximate surface area is 202 Å². The third-order valence-electron chi connectivity index (χ3n) is 6.06. The maximum Gasteiger partial charge on any atom is 0.308 e. The number of aryl methyl sites for hydroxylation is 1. The molecule has 176 valence electrons. The van der Waals surface area contributed by atoms with Crippen LogP contribution >= 0.6 is 11.3 Å². The molecular weight excluding hydrogens is 468 g/mol. The van der Waals surface area contributed by atoms with E-state index in [0.717, 1.165) is 33.5 Å². The number of ether oxygens (including phenoxy) is 1. The average molecular weight is 495 g/mol. The Balaban J connectivity index is 1.47. The number of aromatic nitrogens is 1. The molecule has 0 fully saturated rings. The minimum Gasteiger partial charge on any atom is -0.487 e. The maximum atomic E-state index is 13.4. The molecule has 0 bridgehead atoms. The third kappa shape index (κ3) is 4.41. The highest BCUT2D eigenvalue weighted by Crippen LogP contribution is 2.40. The molecule has 6 nitrogen and oxygen atoms in total. The first kappa shape index (κ1) is 22.8. The average Bonchev–Trinajstić information content (AvgIpc) is 3.07. The fourth-order valence-corrected chi connectivity index (χ4v) is 6.69. The number of thiazole rings is 1. The van der Waals surface area contributed by atoms with E-state index in [9.17, 15) is 13.2 Å². The number of hydrogen-bond donors (Lipinski definition) is 1. The van der Waals surface area contributed by atoms with Gasteiger partial charge in [-0.15, -0.1) is 0 Å². The van der Waals surface area contributed by atoms with Gasteiger partial charge in [-0.25, -0.2) is 13.1 Å². The largest absolute Gasteiger partial charge is 0.487 e. The van der Waals surface area contributed by atoms with Crippen molar-refractivity contribution < 1.29 is 13.2 Å². The van der Waals surface area contributed by atoms with Crippen molar-refractivity contribution >= 4 is 31.6 Å². The second-order valence-electron chi connectivity index (χ2n) is 9.35. The van der Waals surface area contributed by atoms with Gasteiger partial charge in [-0.2, -0.15) is 0 Å². The molecule has 34 heavy (non-hydrogen) atoms. The molecule has 1 aromatic heterocycles. The highest BCUT2D eigenvalue weighted by atomic mass is 32.2. The van der Waals surface area contributed by atoms with E-state index in [1.807, 2.05) is 69.3 Å². The lowest BCUT2D eigenvalue weighted by Gasteiger charge is -2.38. The second-order valence-corrected chi connectivity index (χ2v) is 12.1. The predicted octanol–water partition coefficient (Wildman–Crippen LogP) is 5.00. The van der Waals surface area contributed by atoms with E-state index >= 15 is 0 Å². The van der Waals surface area contributed by atoms with Crippen molar-refractivity contribution in [1.29, 1.82) is 0 Å². The van der Waals surface area contributed by atoms with Crippen molar-refractivity contribution in [2.24, 2.45) is 0 Å². The lowest BCUT2D eigenvalue weighted by molar-refractivity contribution is 0.0701. The number of nitrogens with zero attached hydrogens (tertiary/aromatic N) is 1. The highest BCUT2D eigenvalue weighted by Gasteiger charge is 2.36. The molecule has 1 aliphatic heterocycles. The summed E-state index contributed by atoms with van der Waals surface area (Å²) < 4.78 is 38.1. The Morgan fingerprint density at radius 3 is 2.62 bits per heavy atom. The van der Waals surface area contributed by atoms with Crippen molar-refractivity contribution in [3.63, 3.8) is 0 Å². The summed E-state index contributed by atoms with van der Waals surface area (Å²) in [5, 5.41) is 0. The van der Waals surface area contributed by atoms with Crippen LogP contribution in [-0.4, -0.2) is 18.6 Å². The van der Waals surface area contributed by atoms with Crippen LogP contribution in [0.5, 0.6) is 5.75 Å². The normalized spacial score (nSPS) is 17.3. The highest BCUT2D eigenvalue weighted by molar-refractivity contribution is 7.89. The number of sulfonamides is 1. The van der Waals surface area contributed by atoms with E-state index < -0.39 is 21.7 Å². The number of nitrogens with one attached hydrogen (secondary N) is 1. The molecule has 0 saturated carbocycles. The van der Waals surface area contributed by atoms with E-state index in [-0.39, 0.29) is 9.77 Å². The van der Waals surface area contributed by atoms with Crippen LogP contribution in [0.4, 0.5) is 0 Å². The fourth-order valence-electron chi connectivity index (χ4n) is 4.45. The Morgan fingerprint density at radius 1 is 1.09 bits per heavy atom. The molecule has 4 aromatic rings. The van der Waals surface area contributed by atoms with Gasteiger partial charge in [0.2, 0.25) is 10.0 Å². The first-order chi connectivity index (χ1) is 16.1. The minimum atomic E-state index is -3.83. The van der Waals surface area contributed by atoms with E-state index in [1.54, 1.807) is 22.8 Å². The van der Waals surface area contributed by atoms with Gasteiger partial charge in [0.25, 0.3) is 0 Å². The van der Waals surface area contributed by atoms with Gasteiger partial charge in [0.05, 0.1) is 27.7 Å². The smallest absolute Gasteiger partial charge is 0.308 e. The monoisotopic (exact) mass is 494 g/mol. The number of benzene rings is 3. The lowest BCUT2D eigenvalue weighted by atomic mass is 9.90. The standard InChI is InChI=1S/C26H26N2O4S2/c1-17-9-11-20-21(15-26(2,3)32-23(20)13-17)27-34(30,31)19-10-12-22-24(14-19)33-25(29)28(22)16-18-7-5-4-6-8-18/h4-14,21,27H,15-16H2,1-3H3. The minimum absolute atomic E-state index is 0.114. The van der Waals surface area contributed by atoms with Crippen LogP contribution in [0, 0.1) is 6.92 Å². The van der Waals surface area contributed by atoms with E-state index in [0.29, 0.717) is 23.4 Å². The summed E-state index contributed by atoms with van der Waals surface area (Å²) in [6, 6.07) is 20.0. The molecule has 0 saturated heterocycles. The van der Waals surface area contributed by atoms with Crippen molar-refractivity contribution in [2.45, 2.75) is 50.3 Å². The molecule has 5 rings (SSSR count). The Morgan fingerprint density at radius 2 is 1.85 bits per heavy atom. The Bertz CT molecular complexity index is 1540. The van der Waals surface area contributed by atoms with Gasteiger partial charge >= 0.3 is 4.87 Å². The van der Waals surface area contributed by atoms with Gasteiger partial charge in [0.15, 0.2) is 0 Å². The fraction of sp³-hybridized carbons (Fsp3) is 0.269. The molecule has 1 unspecified atom stereocenters. The van der Waals surface area contributed by atoms with Crippen LogP contribution in [0.1, 0.15) is 43.0 Å². The van der Waals surface area contributed by atoms with Crippen LogP contribution < -0.4 is 14.3 Å². The summed E-state index contributed by atoms with van der Waals surface area (Å²) in [4.78, 5) is 12.7. The summed E-state index contributed by atoms with van der Waals surface area (Å²) >= 11 is 1.06. The lowest BCUT2D eigenvalue weighted by Crippen LogP contribution is -2.41. The van der Waals surface area contributed by atoms with Crippen LogP contribution in [0.15, 0.2) is 76.4 Å². The zero-order valence-corrected chi connectivity index (χ0v) is 20.9. The van der Waals surface area contributed by atoms with Crippen molar-refractivity contribution in [3.05, 3.63) is 93.1 Å². The maximum absolute atomic E-state index is 13.4. The molecule has 1 N–H and O–H groups in total. The Kier molecular flexibility index (Phi) is 5.62. The topological polar surface area (TPSA) is 77.4 Å². The summed E-state index contributed by atoms with van der Waals surface area (Å²) in [7, 11) is -3.83. The van der Waals surface area contributed by atoms with E-state index in [1.165, 1.54) is 0 Å². The van der Waals surface area contributed by atoms with Gasteiger partial charge in [-0.05, 0) is 56.2 Å². The number of hydrogen-bond acceptors (Lipinski definition) is 5. The first-order valence-electron chi connectivity index (χ1n) is 11.1. The number of fused-ring (bicyclic) bond motifs is 2. The second kappa shape index (κ2) is 8.37. The molecule has 0 spiro atoms. The molecule has 1 atom stereocenters. The quantitative estimate of drug-likeness (QED) is 0.424. The predicted molar refractivity (Wildman–Crippen MR) is 135 cm³/mol. The van der Waals surface area contributed by atoms with Crippen LogP contribution in [0.2, 0.25) is 0 Å². The molecular formula is C26H26N2O4S2. The molecule has 0 amide bonds. The summed E-state index contributed by atoms with van der Waals surface area (Å²) in [5.74, 6) is 0.704. The molecule has 2 heterocycles. The zero-order valence-electron chi connectivity index (χ0n) is 19.2. The van der Waals surface area contributed by atoms with Crippen LogP contribution in [0.3, 0.4) is 0 Å². The molecule has 0 radical (unpaired) electrons. The first-order valence-corrected chi connectivity index (χ1v) is 13.4. The molecule has 0 aliphatic carbocycles. The van der Waals surface area contributed by atoms with Gasteiger partial charge < -0.3 is 4.74 Å². The van der Waals surface area contributed by atoms with Crippen molar-refractivity contribution in [1.82, 2.24) is 9.29 Å². The number of rotatable bonds is 5. The summed E-state index contributed by atoms with van der Waals surface area (Å²) in [6.07, 6.45) is 0.505. The van der Waals surface area contributed by atoms with Crippen LogP contribution in [0.25, 0.3) is 10.2 Å². The molecule has 8 heteroatoms. The zero-order chi connectivity index (χ0) is 24.1. The van der Waals surface area contributed by atoms with E-state index in [4.69, 9.17) is 4.74 Å². The van der Waals surface area contributed by atoms with Gasteiger partial charge in [0, 0.05) is 12.0 Å². The van der Waals surface area contributed by atoms with Crippen LogP contribution in [-0.2, 0) is 16.6 Å². The summed E-state index contributed by atoms with van der Waals surface area (Å²) in [6.45, 7) is 6.34. The Hall–Kier alpha value is -2.94. The van der Waals surface area contributed by atoms with E-state index in [2.05, 4.69) is 4.72 Å². The van der Waals surface area contributed by atoms with Gasteiger partial charge in [-0.1, -0.05) is 53.8 Å². The third-order valence-corrected chi connectivity index (χ3v) is 8.47. The summed E-state index contributed by atoms with van der Waals surface area (Å²) in [5.41, 5.74) is 3.11. The van der Waals surface area contributed by atoms with Gasteiger partial charge in [-0.3, -0.25) is 9.36 Å². The SMILES string of the molecule is Cc1ccc2c(c1)OC(C)(C)CC2NS(=O)(=O)c1ccc2c(c1)sc(=O)n2Cc1ccccc1. The molecule has 3 aromatic carbocycles. The van der Waals surface area contributed by atoms with Crippen molar-refractivity contribution in [2.75, 3.05) is 0 Å². The van der Waals surface area contributed by atoms with Crippen molar-refractivity contribution in [3.8, 4) is 5.75 Å². The molecule has 1 aliphatic rings.